The molecule has 0 heterocycles. The first-order chi connectivity index (χ1) is 12.4. The van der Waals surface area contributed by atoms with Gasteiger partial charge in [-0.05, 0) is 44.1 Å². The maximum atomic E-state index is 12.0. The number of fused-ring (bicyclic) bond motifs is 2. The van der Waals surface area contributed by atoms with Crippen LogP contribution in [0, 0.1) is 16.7 Å². The highest BCUT2D eigenvalue weighted by Gasteiger charge is 2.63. The molecule has 4 N–H and O–H groups in total. The Kier molecular flexibility index (Phi) is 13.7. The molecule has 2 fully saturated rings. The van der Waals surface area contributed by atoms with Gasteiger partial charge in [0.25, 0.3) is 0 Å². The van der Waals surface area contributed by atoms with E-state index in [4.69, 9.17) is 15.3 Å². The van der Waals surface area contributed by atoms with Crippen LogP contribution in [0.3, 0.4) is 0 Å². The third-order valence-electron chi connectivity index (χ3n) is 5.45. The average molecular weight is 397 g/mol. The van der Waals surface area contributed by atoms with Gasteiger partial charge in [0.2, 0.25) is 0 Å². The molecule has 0 aromatic rings. The number of nitrogens with one attached hydrogen (secondary N) is 1. The number of carbonyl (C=O) groups is 1. The lowest BCUT2D eigenvalue weighted by molar-refractivity contribution is -0.777. The van der Waals surface area contributed by atoms with Gasteiger partial charge in [-0.15, -0.1) is 0 Å². The third-order valence-corrected chi connectivity index (χ3v) is 6.21. The van der Waals surface area contributed by atoms with Crippen LogP contribution in [-0.4, -0.2) is 60.3 Å². The van der Waals surface area contributed by atoms with Gasteiger partial charge in [-0.2, -0.15) is 4.33 Å². The molecule has 2 aliphatic rings. The minimum Gasteiger partial charge on any atom is -0.691 e. The van der Waals surface area contributed by atoms with Crippen molar-refractivity contribution in [3.8, 4) is 0 Å². The molecule has 2 rings (SSSR count). The summed E-state index contributed by atoms with van der Waals surface area (Å²) in [5.74, 6) is 1.35. The largest absolute Gasteiger partial charge is 0.691 e. The van der Waals surface area contributed by atoms with Crippen molar-refractivity contribution < 1.29 is 34.7 Å². The van der Waals surface area contributed by atoms with Crippen molar-refractivity contribution in [1.29, 1.82) is 0 Å². The van der Waals surface area contributed by atoms with E-state index in [2.05, 4.69) is 28.5 Å². The van der Waals surface area contributed by atoms with Crippen LogP contribution in [0.2, 0.25) is 0 Å². The summed E-state index contributed by atoms with van der Waals surface area (Å²) in [7, 11) is 1.80. The van der Waals surface area contributed by atoms with Crippen LogP contribution in [0.15, 0.2) is 0 Å². The maximum Gasteiger partial charge on any atom is 0.140 e. The molecule has 2 atom stereocenters. The third kappa shape index (κ3) is 7.05. The molecule has 0 aromatic heterocycles. The SMILES string of the molecule is CC1(C)C2CCC1(CSOO[O-])C(=O)C2.CNCCO.OCCCCO. The number of likely N-dealkylation sites (N-methyl/N-ethyl adjacent to an activating group) is 1. The fourth-order valence-corrected chi connectivity index (χ4v) is 4.55. The van der Waals surface area contributed by atoms with E-state index in [1.165, 1.54) is 0 Å². The Bertz CT molecular complexity index is 378. The van der Waals surface area contributed by atoms with Crippen molar-refractivity contribution in [2.45, 2.75) is 46.0 Å². The number of aliphatic hydroxyl groups is 3. The van der Waals surface area contributed by atoms with Crippen LogP contribution >= 0.6 is 12.0 Å². The van der Waals surface area contributed by atoms with Gasteiger partial charge >= 0.3 is 0 Å². The fourth-order valence-electron chi connectivity index (χ4n) is 3.59. The van der Waals surface area contributed by atoms with Gasteiger partial charge < -0.3 is 25.9 Å². The highest BCUT2D eigenvalue weighted by atomic mass is 32.2. The summed E-state index contributed by atoms with van der Waals surface area (Å²) in [6.45, 7) is 5.61. The van der Waals surface area contributed by atoms with Gasteiger partial charge in [0.15, 0.2) is 0 Å². The smallest absolute Gasteiger partial charge is 0.140 e. The van der Waals surface area contributed by atoms with Crippen LogP contribution in [-0.2, 0) is 14.2 Å². The zero-order valence-corrected chi connectivity index (χ0v) is 16.8. The van der Waals surface area contributed by atoms with Crippen molar-refractivity contribution in [2.75, 3.05) is 39.2 Å². The molecule has 9 heteroatoms. The van der Waals surface area contributed by atoms with E-state index in [1.54, 1.807) is 7.05 Å². The van der Waals surface area contributed by atoms with Crippen molar-refractivity contribution in [3.63, 3.8) is 0 Å². The van der Waals surface area contributed by atoms with Gasteiger partial charge in [0.05, 0.1) is 6.61 Å². The standard InChI is InChI=1S/C10H16O4S.C4H10O2.C3H9NO/c1-9(2)7-3-4-10(9,8(11)5-7)6-15-14-13-12;5-3-1-2-4-6;1-4-2-3-5/h7,12H,3-6H2,1-2H3;5-6H,1-4H2;4-5H,2-3H2,1H3/p-1. The van der Waals surface area contributed by atoms with Gasteiger partial charge in [-0.3, -0.25) is 9.83 Å². The number of carbonyl (C=O) groups excluding carboxylic acids is 1. The van der Waals surface area contributed by atoms with Gasteiger partial charge in [0.1, 0.15) is 5.78 Å². The molecular formula is C17H34NO7S-. The van der Waals surface area contributed by atoms with Gasteiger partial charge in [-0.1, -0.05) is 13.8 Å². The number of aliphatic hydroxyl groups excluding tert-OH is 3. The minimum atomic E-state index is -0.305. The molecule has 2 unspecified atom stereocenters. The molecule has 2 saturated carbocycles. The summed E-state index contributed by atoms with van der Waals surface area (Å²) in [6.07, 6.45) is 4.15. The molecule has 156 valence electrons. The van der Waals surface area contributed by atoms with Gasteiger partial charge in [-0.25, -0.2) is 0 Å². The van der Waals surface area contributed by atoms with Crippen LogP contribution in [0.25, 0.3) is 0 Å². The Balaban J connectivity index is 0.000000474. The predicted octanol–water partition coefficient (Wildman–Crippen LogP) is 0.203. The van der Waals surface area contributed by atoms with E-state index >= 15 is 0 Å². The highest BCUT2D eigenvalue weighted by Crippen LogP contribution is 2.64. The molecule has 0 aliphatic heterocycles. The number of Topliss-reactive ketones (excluding diaryl/α,β-unsaturated/α-hetero) is 1. The number of hydrogen-bond acceptors (Lipinski definition) is 9. The fraction of sp³-hybridized carbons (Fsp3) is 0.941. The highest BCUT2D eigenvalue weighted by molar-refractivity contribution is 7.94. The normalized spacial score (nSPS) is 25.3. The summed E-state index contributed by atoms with van der Waals surface area (Å²) in [6, 6.07) is 0. The van der Waals surface area contributed by atoms with Crippen LogP contribution in [0.4, 0.5) is 0 Å². The minimum absolute atomic E-state index is 0.0311. The molecule has 2 aliphatic carbocycles. The van der Waals surface area contributed by atoms with E-state index in [9.17, 15) is 10.1 Å². The lowest BCUT2D eigenvalue weighted by atomic mass is 9.70. The second-order valence-corrected chi connectivity index (χ2v) is 7.71. The Hall–Kier alpha value is -0.260. The molecule has 0 aromatic carbocycles. The Morgan fingerprint density at radius 2 is 1.85 bits per heavy atom. The van der Waals surface area contributed by atoms with Crippen molar-refractivity contribution in [3.05, 3.63) is 0 Å². The second-order valence-electron chi connectivity index (χ2n) is 7.05. The Labute approximate surface area is 160 Å². The predicted molar refractivity (Wildman–Crippen MR) is 97.6 cm³/mol. The number of rotatable bonds is 9. The first kappa shape index (κ1) is 25.7. The molecule has 2 bridgehead atoms. The van der Waals surface area contributed by atoms with Crippen LogP contribution < -0.4 is 10.6 Å². The summed E-state index contributed by atoms with van der Waals surface area (Å²) in [5, 5.41) is 40.0. The maximum absolute atomic E-state index is 12.0. The second kappa shape index (κ2) is 13.8. The summed E-state index contributed by atoms with van der Waals surface area (Å²) in [5.41, 5.74) is -0.274. The zero-order chi connectivity index (χ0) is 20.1. The van der Waals surface area contributed by atoms with E-state index < -0.39 is 0 Å². The molecular weight excluding hydrogens is 362 g/mol. The van der Waals surface area contributed by atoms with E-state index in [-0.39, 0.29) is 30.7 Å². The van der Waals surface area contributed by atoms with Crippen molar-refractivity contribution in [2.24, 2.45) is 16.7 Å². The monoisotopic (exact) mass is 396 g/mol. The molecule has 0 radical (unpaired) electrons. The lowest BCUT2D eigenvalue weighted by Crippen LogP contribution is -2.38. The summed E-state index contributed by atoms with van der Waals surface area (Å²) in [4.78, 5) is 12.0. The van der Waals surface area contributed by atoms with Crippen molar-refractivity contribution >= 4 is 17.8 Å². The summed E-state index contributed by atoms with van der Waals surface area (Å²) < 4.78 is 4.29. The molecule has 0 saturated heterocycles. The van der Waals surface area contributed by atoms with Crippen molar-refractivity contribution in [1.82, 2.24) is 5.32 Å². The molecule has 26 heavy (non-hydrogen) atoms. The lowest BCUT2D eigenvalue weighted by Gasteiger charge is -2.35. The summed E-state index contributed by atoms with van der Waals surface area (Å²) >= 11 is 0.951. The van der Waals surface area contributed by atoms with E-state index in [0.29, 0.717) is 30.4 Å². The Morgan fingerprint density at radius 3 is 2.15 bits per heavy atom. The molecule has 0 amide bonds. The first-order valence-corrected chi connectivity index (χ1v) is 9.87. The van der Waals surface area contributed by atoms with E-state index in [0.717, 1.165) is 37.7 Å². The van der Waals surface area contributed by atoms with Crippen LogP contribution in [0.1, 0.15) is 46.0 Å². The molecule has 8 nitrogen and oxygen atoms in total. The quantitative estimate of drug-likeness (QED) is 0.187. The van der Waals surface area contributed by atoms with Gasteiger partial charge in [0, 0.05) is 49.4 Å². The molecule has 0 spiro atoms. The number of ketones is 1. The number of unbranched alkanes of at least 4 members (excludes halogenated alkanes) is 1. The average Bonchev–Trinajstić information content (AvgIpc) is 2.97. The first-order valence-electron chi connectivity index (χ1n) is 8.96. The zero-order valence-electron chi connectivity index (χ0n) is 16.0. The van der Waals surface area contributed by atoms with E-state index in [1.807, 2.05) is 0 Å². The topological polar surface area (TPSA) is 131 Å². The number of hydrogen-bond donors (Lipinski definition) is 4. The Morgan fingerprint density at radius 1 is 1.23 bits per heavy atom. The van der Waals surface area contributed by atoms with Crippen LogP contribution in [0.5, 0.6) is 0 Å².